The molecule has 1 N–H and O–H groups in total. The Kier molecular flexibility index (Phi) is 5.41. The largest absolute Gasteiger partial charge is 0.369 e. The van der Waals surface area contributed by atoms with E-state index in [0.29, 0.717) is 18.7 Å². The van der Waals surface area contributed by atoms with E-state index in [1.165, 1.54) is 6.07 Å². The molecule has 2 aromatic rings. The van der Waals surface area contributed by atoms with E-state index in [1.807, 2.05) is 37.3 Å². The summed E-state index contributed by atoms with van der Waals surface area (Å²) in [6.07, 6.45) is 0.287. The van der Waals surface area contributed by atoms with E-state index >= 15 is 0 Å². The Bertz CT molecular complexity index is 895. The molecule has 1 saturated heterocycles. The first-order valence-electron chi connectivity index (χ1n) is 8.33. The Morgan fingerprint density at radius 1 is 1.19 bits per heavy atom. The zero-order valence-corrected chi connectivity index (χ0v) is 15.3. The Hall–Kier alpha value is -2.22. The first kappa shape index (κ1) is 18.6. The van der Waals surface area contributed by atoms with Gasteiger partial charge in [0.2, 0.25) is 5.91 Å². The van der Waals surface area contributed by atoms with Crippen molar-refractivity contribution in [1.29, 1.82) is 0 Å². The molecule has 0 spiro atoms. The summed E-state index contributed by atoms with van der Waals surface area (Å²) in [6, 6.07) is 14.1. The Labute approximate surface area is 153 Å². The number of hydrogen-bond acceptors (Lipinski definition) is 4. The zero-order chi connectivity index (χ0) is 18.7. The van der Waals surface area contributed by atoms with E-state index in [0.717, 1.165) is 11.1 Å². The molecule has 3 rings (SSSR count). The van der Waals surface area contributed by atoms with Gasteiger partial charge in [-0.1, -0.05) is 48.0 Å². The second-order valence-electron chi connectivity index (χ2n) is 6.47. The van der Waals surface area contributed by atoms with Gasteiger partial charge in [0.05, 0.1) is 17.5 Å². The fraction of sp³-hybridized carbons (Fsp3) is 0.316. The molecule has 1 heterocycles. The third-order valence-electron chi connectivity index (χ3n) is 4.44. The molecule has 1 unspecified atom stereocenters. The number of hydrogen-bond donors (Lipinski definition) is 1. The van der Waals surface area contributed by atoms with Gasteiger partial charge in [-0.2, -0.15) is 8.42 Å². The third-order valence-corrected chi connectivity index (χ3v) is 5.40. The summed E-state index contributed by atoms with van der Waals surface area (Å²) < 4.78 is 38.3. The van der Waals surface area contributed by atoms with Crippen molar-refractivity contribution in [3.8, 4) is 0 Å². The number of carbonyl (C=O) groups is 1. The summed E-state index contributed by atoms with van der Waals surface area (Å²) in [5.74, 6) is -0.133. The van der Waals surface area contributed by atoms with Crippen molar-refractivity contribution in [2.45, 2.75) is 30.8 Å². The average Bonchev–Trinajstić information content (AvgIpc) is 2.58. The highest BCUT2D eigenvalue weighted by molar-refractivity contribution is 7.85. The van der Waals surface area contributed by atoms with Gasteiger partial charge in [0.25, 0.3) is 10.1 Å². The Morgan fingerprint density at radius 2 is 1.92 bits per heavy atom. The van der Waals surface area contributed by atoms with Crippen molar-refractivity contribution in [2.75, 3.05) is 13.2 Å². The van der Waals surface area contributed by atoms with Crippen molar-refractivity contribution in [3.05, 3.63) is 65.2 Å². The summed E-state index contributed by atoms with van der Waals surface area (Å²) in [6.45, 7) is 2.61. The lowest BCUT2D eigenvalue weighted by molar-refractivity contribution is -0.149. The predicted molar refractivity (Wildman–Crippen MR) is 96.3 cm³/mol. The molecule has 1 amide bonds. The second kappa shape index (κ2) is 7.57. The minimum Gasteiger partial charge on any atom is -0.369 e. The van der Waals surface area contributed by atoms with Gasteiger partial charge in [-0.15, -0.1) is 0 Å². The number of rotatable bonds is 5. The van der Waals surface area contributed by atoms with Gasteiger partial charge in [0, 0.05) is 6.54 Å². The molecular formula is C19H21NO5S. The van der Waals surface area contributed by atoms with Crippen molar-refractivity contribution in [2.24, 2.45) is 0 Å². The van der Waals surface area contributed by atoms with Crippen LogP contribution in [0.5, 0.6) is 0 Å². The highest BCUT2D eigenvalue weighted by Crippen LogP contribution is 2.23. The van der Waals surface area contributed by atoms with E-state index in [9.17, 15) is 17.8 Å². The summed E-state index contributed by atoms with van der Waals surface area (Å²) in [4.78, 5) is 14.0. The van der Waals surface area contributed by atoms with Gasteiger partial charge < -0.3 is 9.64 Å². The van der Waals surface area contributed by atoms with E-state index in [1.54, 1.807) is 17.0 Å². The van der Waals surface area contributed by atoms with Crippen LogP contribution in [0.1, 0.15) is 16.7 Å². The molecule has 0 saturated carbocycles. The van der Waals surface area contributed by atoms with Crippen molar-refractivity contribution >= 4 is 16.0 Å². The average molecular weight is 375 g/mol. The van der Waals surface area contributed by atoms with Crippen LogP contribution in [0.15, 0.2) is 53.4 Å². The molecule has 0 bridgehead atoms. The highest BCUT2D eigenvalue weighted by Gasteiger charge is 2.30. The minimum atomic E-state index is -4.34. The summed E-state index contributed by atoms with van der Waals surface area (Å²) in [7, 11) is -4.34. The molecule has 1 aliphatic heterocycles. The molecule has 0 radical (unpaired) electrons. The molecule has 0 aliphatic carbocycles. The minimum absolute atomic E-state index is 0.0162. The molecular weight excluding hydrogens is 354 g/mol. The molecule has 26 heavy (non-hydrogen) atoms. The third kappa shape index (κ3) is 4.30. The summed E-state index contributed by atoms with van der Waals surface area (Å²) in [5, 5.41) is 0. The van der Waals surface area contributed by atoms with Crippen LogP contribution in [-0.4, -0.2) is 43.0 Å². The fourth-order valence-corrected chi connectivity index (χ4v) is 3.91. The van der Waals surface area contributed by atoms with Gasteiger partial charge in [0.1, 0.15) is 6.61 Å². The van der Waals surface area contributed by atoms with Crippen LogP contribution < -0.4 is 0 Å². The maximum absolute atomic E-state index is 12.4. The molecule has 6 nitrogen and oxygen atoms in total. The van der Waals surface area contributed by atoms with E-state index in [4.69, 9.17) is 4.74 Å². The SMILES string of the molecule is Cc1ccc(S(=O)(=O)O)c(CC2COCC(=O)N2Cc2ccccc2)c1. The van der Waals surface area contributed by atoms with E-state index in [-0.39, 0.29) is 29.9 Å². The monoisotopic (exact) mass is 375 g/mol. The van der Waals surface area contributed by atoms with Crippen LogP contribution in [0.4, 0.5) is 0 Å². The summed E-state index contributed by atoms with van der Waals surface area (Å²) in [5.41, 5.74) is 2.35. The molecule has 1 fully saturated rings. The van der Waals surface area contributed by atoms with Crippen molar-refractivity contribution in [3.63, 3.8) is 0 Å². The molecule has 138 valence electrons. The lowest BCUT2D eigenvalue weighted by Crippen LogP contribution is -2.49. The van der Waals surface area contributed by atoms with Crippen LogP contribution >= 0.6 is 0 Å². The van der Waals surface area contributed by atoms with Crippen molar-refractivity contribution < 1.29 is 22.5 Å². The van der Waals surface area contributed by atoms with Gasteiger partial charge in [0.15, 0.2) is 0 Å². The molecule has 2 aromatic carbocycles. The van der Waals surface area contributed by atoms with Crippen LogP contribution in [0, 0.1) is 6.92 Å². The number of nitrogens with zero attached hydrogens (tertiary/aromatic N) is 1. The first-order chi connectivity index (χ1) is 12.3. The van der Waals surface area contributed by atoms with Crippen LogP contribution in [-0.2, 0) is 32.6 Å². The van der Waals surface area contributed by atoms with Gasteiger partial charge in [-0.3, -0.25) is 9.35 Å². The predicted octanol–water partition coefficient (Wildman–Crippen LogP) is 2.21. The summed E-state index contributed by atoms with van der Waals surface area (Å²) >= 11 is 0. The maximum atomic E-state index is 12.4. The number of amides is 1. The maximum Gasteiger partial charge on any atom is 0.294 e. The Balaban J connectivity index is 1.89. The lowest BCUT2D eigenvalue weighted by Gasteiger charge is -2.36. The van der Waals surface area contributed by atoms with Crippen LogP contribution in [0.3, 0.4) is 0 Å². The van der Waals surface area contributed by atoms with Gasteiger partial charge in [-0.25, -0.2) is 0 Å². The van der Waals surface area contributed by atoms with E-state index in [2.05, 4.69) is 0 Å². The van der Waals surface area contributed by atoms with Crippen LogP contribution in [0.25, 0.3) is 0 Å². The lowest BCUT2D eigenvalue weighted by atomic mass is 10.0. The highest BCUT2D eigenvalue weighted by atomic mass is 32.2. The molecule has 1 aliphatic rings. The Morgan fingerprint density at radius 3 is 2.62 bits per heavy atom. The molecule has 0 aromatic heterocycles. The topological polar surface area (TPSA) is 83.9 Å². The number of aryl methyl sites for hydroxylation is 1. The van der Waals surface area contributed by atoms with Gasteiger partial charge >= 0.3 is 0 Å². The molecule has 1 atom stereocenters. The number of morpholine rings is 1. The normalized spacial score (nSPS) is 18.2. The number of benzene rings is 2. The first-order valence-corrected chi connectivity index (χ1v) is 9.77. The smallest absolute Gasteiger partial charge is 0.294 e. The quantitative estimate of drug-likeness (QED) is 0.810. The fourth-order valence-electron chi connectivity index (χ4n) is 3.20. The van der Waals surface area contributed by atoms with Crippen molar-refractivity contribution in [1.82, 2.24) is 4.90 Å². The number of carbonyl (C=O) groups excluding carboxylic acids is 1. The van der Waals surface area contributed by atoms with Gasteiger partial charge in [-0.05, 0) is 30.5 Å². The standard InChI is InChI=1S/C19H21NO5S/c1-14-7-8-18(26(22,23)24)16(9-14)10-17-12-25-13-19(21)20(17)11-15-5-3-2-4-6-15/h2-9,17H,10-13H2,1H3,(H,22,23,24). The van der Waals surface area contributed by atoms with E-state index < -0.39 is 10.1 Å². The number of ether oxygens (including phenoxy) is 1. The second-order valence-corrected chi connectivity index (χ2v) is 7.86. The van der Waals surface area contributed by atoms with Crippen LogP contribution in [0.2, 0.25) is 0 Å². The zero-order valence-electron chi connectivity index (χ0n) is 14.5. The molecule has 7 heteroatoms.